The number of rotatable bonds is 4. The fraction of sp³-hybridized carbons (Fsp3) is 0.0625. The molecular formula is C48H32N4O. The molecule has 1 aliphatic rings. The van der Waals surface area contributed by atoms with Gasteiger partial charge >= 0.3 is 0 Å². The minimum atomic E-state index is -0.182. The van der Waals surface area contributed by atoms with Gasteiger partial charge in [0.25, 0.3) is 0 Å². The maximum Gasteiger partial charge on any atom is 0.167 e. The van der Waals surface area contributed by atoms with Gasteiger partial charge in [-0.15, -0.1) is 0 Å². The average Bonchev–Trinajstić information content (AvgIpc) is 3.76. The van der Waals surface area contributed by atoms with Crippen molar-refractivity contribution in [2.24, 2.45) is 0 Å². The number of furan rings is 1. The van der Waals surface area contributed by atoms with Gasteiger partial charge in [0.2, 0.25) is 0 Å². The standard InChI is InChI=1S/C48H32N4O/c1-48(2)38-21-10-12-23-41(38)52-40-22-11-9-18-33(40)37-27-32(28-39(48)43(37)52)31-24-25-42-36(26-31)34-19-13-20-35(44(34)53-42)47-50-45(29-14-5-3-6-15-29)49-46(51-47)30-16-7-4-8-17-30/h3-28H,1-2H3. The summed E-state index contributed by atoms with van der Waals surface area (Å²) in [7, 11) is 0. The Morgan fingerprint density at radius 1 is 0.472 bits per heavy atom. The van der Waals surface area contributed by atoms with Crippen LogP contribution < -0.4 is 0 Å². The van der Waals surface area contributed by atoms with Crippen molar-refractivity contribution in [3.05, 3.63) is 169 Å². The van der Waals surface area contributed by atoms with Crippen molar-refractivity contribution in [1.82, 2.24) is 19.5 Å². The minimum Gasteiger partial charge on any atom is -0.455 e. The summed E-state index contributed by atoms with van der Waals surface area (Å²) in [4.78, 5) is 14.9. The van der Waals surface area contributed by atoms with Gasteiger partial charge in [-0.25, -0.2) is 15.0 Å². The van der Waals surface area contributed by atoms with E-state index in [0.29, 0.717) is 17.5 Å². The Labute approximate surface area is 305 Å². The lowest BCUT2D eigenvalue weighted by Gasteiger charge is -2.35. The van der Waals surface area contributed by atoms with Gasteiger partial charge in [0.15, 0.2) is 17.5 Å². The van der Waals surface area contributed by atoms with Crippen molar-refractivity contribution >= 4 is 43.7 Å². The van der Waals surface area contributed by atoms with E-state index < -0.39 is 0 Å². The highest BCUT2D eigenvalue weighted by atomic mass is 16.3. The van der Waals surface area contributed by atoms with Gasteiger partial charge in [0.05, 0.1) is 22.3 Å². The van der Waals surface area contributed by atoms with Crippen LogP contribution in [0.5, 0.6) is 0 Å². The third-order valence-electron chi connectivity index (χ3n) is 11.0. The summed E-state index contributed by atoms with van der Waals surface area (Å²) in [6.07, 6.45) is 0. The molecule has 0 spiro atoms. The van der Waals surface area contributed by atoms with Crippen LogP contribution in [0, 0.1) is 0 Å². The lowest BCUT2D eigenvalue weighted by Crippen LogP contribution is -2.26. The molecule has 0 unspecified atom stereocenters. The van der Waals surface area contributed by atoms with E-state index in [9.17, 15) is 0 Å². The zero-order valence-electron chi connectivity index (χ0n) is 29.2. The summed E-state index contributed by atoms with van der Waals surface area (Å²) in [6.45, 7) is 4.71. The van der Waals surface area contributed by atoms with Crippen LogP contribution in [0.1, 0.15) is 25.0 Å². The quantitative estimate of drug-likeness (QED) is 0.186. The van der Waals surface area contributed by atoms with E-state index in [2.05, 4.69) is 109 Å². The predicted molar refractivity (Wildman–Crippen MR) is 215 cm³/mol. The van der Waals surface area contributed by atoms with Gasteiger partial charge in [-0.3, -0.25) is 0 Å². The molecule has 5 nitrogen and oxygen atoms in total. The molecule has 7 aromatic carbocycles. The van der Waals surface area contributed by atoms with E-state index in [1.807, 2.05) is 66.7 Å². The summed E-state index contributed by atoms with van der Waals surface area (Å²) < 4.78 is 9.14. The maximum atomic E-state index is 6.67. The van der Waals surface area contributed by atoms with Crippen molar-refractivity contribution in [3.63, 3.8) is 0 Å². The summed E-state index contributed by atoms with van der Waals surface area (Å²) in [6, 6.07) is 55.3. The van der Waals surface area contributed by atoms with Crippen LogP contribution in [0.3, 0.4) is 0 Å². The van der Waals surface area contributed by atoms with E-state index in [-0.39, 0.29) is 5.41 Å². The van der Waals surface area contributed by atoms with Crippen molar-refractivity contribution in [2.75, 3.05) is 0 Å². The Morgan fingerprint density at radius 3 is 1.89 bits per heavy atom. The second-order valence-electron chi connectivity index (χ2n) is 14.4. The Balaban J connectivity index is 1.11. The van der Waals surface area contributed by atoms with Gasteiger partial charge in [-0.05, 0) is 64.7 Å². The fourth-order valence-corrected chi connectivity index (χ4v) is 8.42. The molecule has 0 bridgehead atoms. The highest BCUT2D eigenvalue weighted by molar-refractivity contribution is 6.14. The minimum absolute atomic E-state index is 0.182. The number of para-hydroxylation sites is 3. The normalized spacial score (nSPS) is 13.2. The van der Waals surface area contributed by atoms with Crippen LogP contribution in [0.25, 0.3) is 94.7 Å². The number of aromatic nitrogens is 4. The zero-order valence-corrected chi connectivity index (χ0v) is 29.2. The third kappa shape index (κ3) is 4.40. The van der Waals surface area contributed by atoms with Crippen molar-refractivity contribution in [2.45, 2.75) is 19.3 Å². The van der Waals surface area contributed by atoms with Gasteiger partial charge in [-0.1, -0.05) is 129 Å². The lowest BCUT2D eigenvalue weighted by atomic mass is 9.74. The lowest BCUT2D eigenvalue weighted by molar-refractivity contribution is 0.630. The zero-order chi connectivity index (χ0) is 35.3. The van der Waals surface area contributed by atoms with E-state index >= 15 is 0 Å². The van der Waals surface area contributed by atoms with E-state index in [0.717, 1.165) is 44.2 Å². The molecule has 0 N–H and O–H groups in total. The monoisotopic (exact) mass is 680 g/mol. The molecule has 1 aliphatic heterocycles. The average molecular weight is 681 g/mol. The smallest absolute Gasteiger partial charge is 0.167 e. The van der Waals surface area contributed by atoms with E-state index in [1.165, 1.54) is 44.2 Å². The highest BCUT2D eigenvalue weighted by Crippen LogP contribution is 2.49. The van der Waals surface area contributed by atoms with Crippen LogP contribution in [0.2, 0.25) is 0 Å². The molecule has 0 atom stereocenters. The largest absolute Gasteiger partial charge is 0.455 e. The molecule has 11 rings (SSSR count). The van der Waals surface area contributed by atoms with Crippen molar-refractivity contribution < 1.29 is 4.42 Å². The van der Waals surface area contributed by atoms with E-state index in [4.69, 9.17) is 19.4 Å². The van der Waals surface area contributed by atoms with Crippen LogP contribution >= 0.6 is 0 Å². The Hall–Kier alpha value is -6.85. The van der Waals surface area contributed by atoms with Crippen LogP contribution in [0.15, 0.2) is 162 Å². The molecule has 3 aromatic heterocycles. The maximum absolute atomic E-state index is 6.67. The molecule has 0 saturated heterocycles. The highest BCUT2D eigenvalue weighted by Gasteiger charge is 2.35. The molecular weight excluding hydrogens is 649 g/mol. The number of fused-ring (bicyclic) bond motifs is 8. The number of hydrogen-bond acceptors (Lipinski definition) is 4. The van der Waals surface area contributed by atoms with Gasteiger partial charge in [-0.2, -0.15) is 0 Å². The first-order chi connectivity index (χ1) is 26.0. The van der Waals surface area contributed by atoms with Gasteiger partial charge < -0.3 is 8.98 Å². The number of hydrogen-bond donors (Lipinski definition) is 0. The molecule has 0 amide bonds. The molecule has 250 valence electrons. The summed E-state index contributed by atoms with van der Waals surface area (Å²) in [5, 5.41) is 4.62. The predicted octanol–water partition coefficient (Wildman–Crippen LogP) is 12.2. The first kappa shape index (κ1) is 29.8. The number of benzene rings is 7. The van der Waals surface area contributed by atoms with Crippen LogP contribution in [-0.4, -0.2) is 19.5 Å². The summed E-state index contributed by atoms with van der Waals surface area (Å²) in [5.41, 5.74) is 12.9. The van der Waals surface area contributed by atoms with Gasteiger partial charge in [0.1, 0.15) is 11.2 Å². The Bertz CT molecular complexity index is 3020. The number of nitrogens with zero attached hydrogens (tertiary/aromatic N) is 4. The summed E-state index contributed by atoms with van der Waals surface area (Å²) >= 11 is 0. The molecule has 5 heteroatoms. The molecule has 0 fully saturated rings. The Morgan fingerprint density at radius 2 is 1.11 bits per heavy atom. The van der Waals surface area contributed by atoms with Crippen molar-refractivity contribution in [1.29, 1.82) is 0 Å². The molecule has 10 aromatic rings. The molecule has 53 heavy (non-hydrogen) atoms. The van der Waals surface area contributed by atoms with Crippen LogP contribution in [-0.2, 0) is 5.41 Å². The summed E-state index contributed by atoms with van der Waals surface area (Å²) in [5.74, 6) is 1.82. The van der Waals surface area contributed by atoms with Gasteiger partial charge in [0, 0.05) is 38.1 Å². The van der Waals surface area contributed by atoms with Crippen molar-refractivity contribution in [3.8, 4) is 51.0 Å². The third-order valence-corrected chi connectivity index (χ3v) is 11.0. The molecule has 0 radical (unpaired) electrons. The first-order valence-electron chi connectivity index (χ1n) is 18.0. The second kappa shape index (κ2) is 11.1. The second-order valence-corrected chi connectivity index (χ2v) is 14.4. The topological polar surface area (TPSA) is 56.7 Å². The van der Waals surface area contributed by atoms with Crippen LogP contribution in [0.4, 0.5) is 0 Å². The SMILES string of the molecule is CC1(C)c2ccccc2-n2c3ccccc3c3cc(-c4ccc5oc6c(-c7nc(-c8ccccc8)nc(-c8ccccc8)n7)cccc6c5c4)cc1c32. The molecule has 4 heterocycles. The van der Waals surface area contributed by atoms with E-state index in [1.54, 1.807) is 0 Å². The molecule has 0 aliphatic carbocycles. The molecule has 0 saturated carbocycles. The Kier molecular flexibility index (Phi) is 6.23. The first-order valence-corrected chi connectivity index (χ1v) is 18.0. The fourth-order valence-electron chi connectivity index (χ4n) is 8.42.